The first kappa shape index (κ1) is 20.9. The van der Waals surface area contributed by atoms with E-state index >= 15 is 0 Å². The van der Waals surface area contributed by atoms with Gasteiger partial charge in [-0.3, -0.25) is 4.79 Å². The maximum atomic E-state index is 11.6. The summed E-state index contributed by atoms with van der Waals surface area (Å²) in [6.45, 7) is 2.18. The van der Waals surface area contributed by atoms with Crippen molar-refractivity contribution in [2.45, 2.75) is 62.4 Å². The van der Waals surface area contributed by atoms with Crippen LogP contribution in [0.4, 0.5) is 0 Å². The number of hydrogen-bond acceptors (Lipinski definition) is 4. The van der Waals surface area contributed by atoms with Crippen LogP contribution in [0.25, 0.3) is 0 Å². The van der Waals surface area contributed by atoms with Crippen molar-refractivity contribution < 1.29 is 15.0 Å². The smallest absolute Gasteiger partial charge is 0.323 e. The summed E-state index contributed by atoms with van der Waals surface area (Å²) in [4.78, 5) is 13.8. The van der Waals surface area contributed by atoms with E-state index in [0.717, 1.165) is 31.5 Å². The maximum Gasteiger partial charge on any atom is 0.323 e. The molecule has 1 unspecified atom stereocenters. The number of likely N-dealkylation sites (tertiary alicyclic amines) is 1. The maximum absolute atomic E-state index is 11.6. The molecular weight excluding hydrogens is 327 g/mol. The van der Waals surface area contributed by atoms with Crippen molar-refractivity contribution in [2.24, 2.45) is 5.73 Å². The molecule has 4 N–H and O–H groups in total. The Morgan fingerprint density at radius 1 is 1.19 bits per heavy atom. The number of hydrogen-bond donors (Lipinski definition) is 3. The Balaban J connectivity index is 1.81. The number of carbonyl (C=O) groups is 1. The van der Waals surface area contributed by atoms with Crippen molar-refractivity contribution in [1.29, 1.82) is 0 Å². The molecule has 6 heteroatoms. The lowest BCUT2D eigenvalue weighted by molar-refractivity contribution is -0.144. The van der Waals surface area contributed by atoms with Gasteiger partial charge in [0.2, 0.25) is 0 Å². The number of piperidine rings is 1. The molecule has 1 heterocycles. The van der Waals surface area contributed by atoms with E-state index in [4.69, 9.17) is 13.6 Å². The number of nitrogens with two attached hydrogens (primary N) is 1. The van der Waals surface area contributed by atoms with Crippen LogP contribution in [-0.2, 0) is 11.2 Å². The summed E-state index contributed by atoms with van der Waals surface area (Å²) in [5.41, 5.74) is 5.42. The minimum Gasteiger partial charge on any atom is -0.480 e. The van der Waals surface area contributed by atoms with Gasteiger partial charge in [0.05, 0.1) is 13.4 Å². The summed E-state index contributed by atoms with van der Waals surface area (Å²) in [6.07, 6.45) is 5.01. The molecule has 1 atom stereocenters. The highest BCUT2D eigenvalue weighted by atomic mass is 16.4. The summed E-state index contributed by atoms with van der Waals surface area (Å²) in [5.74, 6) is -0.938. The molecule has 0 aromatic heterocycles. The van der Waals surface area contributed by atoms with Crippen LogP contribution in [0.1, 0.15) is 44.1 Å². The van der Waals surface area contributed by atoms with Gasteiger partial charge in [0.1, 0.15) is 5.54 Å². The SMILES string of the molecule is [B]CCCCC(N)(CCN1CCC(O)(Cc2ccccc2)CC1)C(=O)O. The van der Waals surface area contributed by atoms with E-state index in [0.29, 0.717) is 45.0 Å². The highest BCUT2D eigenvalue weighted by molar-refractivity contribution is 6.08. The quantitative estimate of drug-likeness (QED) is 0.440. The summed E-state index contributed by atoms with van der Waals surface area (Å²) in [5, 5.41) is 20.3. The van der Waals surface area contributed by atoms with Gasteiger partial charge in [0.25, 0.3) is 0 Å². The molecule has 26 heavy (non-hydrogen) atoms. The molecule has 0 spiro atoms. The molecule has 0 bridgehead atoms. The fourth-order valence-electron chi connectivity index (χ4n) is 3.63. The lowest BCUT2D eigenvalue weighted by Gasteiger charge is -2.39. The van der Waals surface area contributed by atoms with Gasteiger partial charge in [-0.15, -0.1) is 0 Å². The van der Waals surface area contributed by atoms with Crippen LogP contribution in [0.2, 0.25) is 6.32 Å². The molecule has 0 aliphatic carbocycles. The minimum atomic E-state index is -1.19. The van der Waals surface area contributed by atoms with Crippen molar-refractivity contribution in [2.75, 3.05) is 19.6 Å². The number of aliphatic carboxylic acids is 1. The Bertz CT molecular complexity index is 561. The molecule has 2 rings (SSSR count). The molecule has 1 aliphatic heterocycles. The molecule has 0 amide bonds. The number of nitrogens with zero attached hydrogens (tertiary/aromatic N) is 1. The van der Waals surface area contributed by atoms with Gasteiger partial charge in [0, 0.05) is 26.1 Å². The Kier molecular flexibility index (Phi) is 7.68. The van der Waals surface area contributed by atoms with Gasteiger partial charge in [-0.05, 0) is 31.2 Å². The number of rotatable bonds is 10. The van der Waals surface area contributed by atoms with Crippen molar-refractivity contribution in [1.82, 2.24) is 4.90 Å². The summed E-state index contributed by atoms with van der Waals surface area (Å²) in [6, 6.07) is 10.0. The molecule has 5 nitrogen and oxygen atoms in total. The topological polar surface area (TPSA) is 86.8 Å². The van der Waals surface area contributed by atoms with E-state index < -0.39 is 17.1 Å². The third-order valence-electron chi connectivity index (χ3n) is 5.54. The van der Waals surface area contributed by atoms with Gasteiger partial charge < -0.3 is 20.8 Å². The summed E-state index contributed by atoms with van der Waals surface area (Å²) < 4.78 is 0. The fourth-order valence-corrected chi connectivity index (χ4v) is 3.63. The van der Waals surface area contributed by atoms with E-state index in [1.165, 1.54) is 0 Å². The van der Waals surface area contributed by atoms with E-state index in [1.54, 1.807) is 0 Å². The Hall–Kier alpha value is -1.37. The highest BCUT2D eigenvalue weighted by Gasteiger charge is 2.36. The summed E-state index contributed by atoms with van der Waals surface area (Å²) >= 11 is 0. The predicted octanol–water partition coefficient (Wildman–Crippen LogP) is 1.99. The average molecular weight is 358 g/mol. The molecule has 1 saturated heterocycles. The van der Waals surface area contributed by atoms with Crippen molar-refractivity contribution >= 4 is 13.8 Å². The largest absolute Gasteiger partial charge is 0.480 e. The second-order valence-electron chi connectivity index (χ2n) is 7.69. The standard InChI is InChI=1S/C20H31BN2O3/c21-12-5-4-8-20(22,18(24)25)11-15-23-13-9-19(26,10-14-23)16-17-6-2-1-3-7-17/h1-3,6-7,26H,4-5,8-16,22H2,(H,24,25). The Morgan fingerprint density at radius 2 is 1.85 bits per heavy atom. The van der Waals surface area contributed by atoms with Crippen LogP contribution in [0.15, 0.2) is 30.3 Å². The van der Waals surface area contributed by atoms with Gasteiger partial charge in [0.15, 0.2) is 0 Å². The third kappa shape index (κ3) is 6.11. The molecule has 142 valence electrons. The van der Waals surface area contributed by atoms with Crippen LogP contribution < -0.4 is 5.73 Å². The van der Waals surface area contributed by atoms with Crippen LogP contribution in [0.5, 0.6) is 0 Å². The zero-order valence-electron chi connectivity index (χ0n) is 15.6. The van der Waals surface area contributed by atoms with E-state index in [-0.39, 0.29) is 0 Å². The molecule has 1 aromatic carbocycles. The van der Waals surface area contributed by atoms with Crippen molar-refractivity contribution in [3.8, 4) is 0 Å². The predicted molar refractivity (Wildman–Crippen MR) is 104 cm³/mol. The first-order chi connectivity index (χ1) is 12.4. The second-order valence-corrected chi connectivity index (χ2v) is 7.69. The number of carboxylic acid groups (broad SMARTS) is 1. The van der Waals surface area contributed by atoms with Gasteiger partial charge in [-0.25, -0.2) is 0 Å². The molecular formula is C20H31BN2O3. The monoisotopic (exact) mass is 358 g/mol. The number of benzene rings is 1. The molecule has 1 aliphatic rings. The molecule has 0 saturated carbocycles. The molecule has 2 radical (unpaired) electrons. The van der Waals surface area contributed by atoms with Crippen LogP contribution >= 0.6 is 0 Å². The summed E-state index contributed by atoms with van der Waals surface area (Å²) in [7, 11) is 5.49. The van der Waals surface area contributed by atoms with Crippen molar-refractivity contribution in [3.63, 3.8) is 0 Å². The average Bonchev–Trinajstić information content (AvgIpc) is 2.62. The van der Waals surface area contributed by atoms with E-state index in [2.05, 4.69) is 4.90 Å². The normalized spacial score (nSPS) is 19.8. The van der Waals surface area contributed by atoms with E-state index in [9.17, 15) is 15.0 Å². The van der Waals surface area contributed by atoms with Crippen LogP contribution in [0, 0.1) is 0 Å². The zero-order chi connectivity index (χ0) is 19.0. The van der Waals surface area contributed by atoms with Gasteiger partial charge in [-0.1, -0.05) is 49.5 Å². The van der Waals surface area contributed by atoms with Gasteiger partial charge >= 0.3 is 5.97 Å². The van der Waals surface area contributed by atoms with Crippen LogP contribution in [0.3, 0.4) is 0 Å². The van der Waals surface area contributed by atoms with E-state index in [1.807, 2.05) is 30.3 Å². The number of unbranched alkanes of at least 4 members (excludes halogenated alkanes) is 1. The van der Waals surface area contributed by atoms with Crippen molar-refractivity contribution in [3.05, 3.63) is 35.9 Å². The second kappa shape index (κ2) is 9.54. The first-order valence-electron chi connectivity index (χ1n) is 9.58. The number of carboxylic acids is 1. The highest BCUT2D eigenvalue weighted by Crippen LogP contribution is 2.27. The first-order valence-corrected chi connectivity index (χ1v) is 9.58. The molecule has 1 aromatic rings. The van der Waals surface area contributed by atoms with Crippen LogP contribution in [-0.4, -0.2) is 59.7 Å². The number of aliphatic hydroxyl groups is 1. The lowest BCUT2D eigenvalue weighted by Crippen LogP contribution is -2.52. The molecule has 1 fully saturated rings. The Labute approximate surface area is 158 Å². The zero-order valence-corrected chi connectivity index (χ0v) is 15.6. The fraction of sp³-hybridized carbons (Fsp3) is 0.650. The minimum absolute atomic E-state index is 0.421. The lowest BCUT2D eigenvalue weighted by atomic mass is 9.84. The van der Waals surface area contributed by atoms with Gasteiger partial charge in [-0.2, -0.15) is 0 Å². The Morgan fingerprint density at radius 3 is 2.42 bits per heavy atom. The third-order valence-corrected chi connectivity index (χ3v) is 5.54.